The van der Waals surface area contributed by atoms with E-state index in [1.165, 1.54) is 12.8 Å². The first kappa shape index (κ1) is 16.2. The summed E-state index contributed by atoms with van der Waals surface area (Å²) in [6.07, 6.45) is 6.92. The molecule has 2 fully saturated rings. The number of aromatic nitrogens is 4. The molecule has 25 heavy (non-hydrogen) atoms. The maximum atomic E-state index is 8.85. The van der Waals surface area contributed by atoms with Gasteiger partial charge in [-0.3, -0.25) is 14.5 Å². The SMILES string of the molecule is CN(Cc1noc(C2CC2)n1)[C@@H]1CCN(CCn2cc(C#N)cn2)C1. The van der Waals surface area contributed by atoms with Crippen molar-refractivity contribution >= 4 is 0 Å². The summed E-state index contributed by atoms with van der Waals surface area (Å²) in [5, 5.41) is 17.2. The molecule has 1 saturated carbocycles. The molecule has 1 aliphatic heterocycles. The van der Waals surface area contributed by atoms with Crippen LogP contribution in [0.15, 0.2) is 16.9 Å². The second-order valence-corrected chi connectivity index (χ2v) is 7.09. The molecule has 3 heterocycles. The predicted octanol–water partition coefficient (Wildman–Crippen LogP) is 1.22. The van der Waals surface area contributed by atoms with Crippen molar-refractivity contribution < 1.29 is 4.52 Å². The van der Waals surface area contributed by atoms with Crippen LogP contribution in [0.5, 0.6) is 0 Å². The number of rotatable bonds is 7. The molecule has 0 spiro atoms. The van der Waals surface area contributed by atoms with Crippen LogP contribution in [0.4, 0.5) is 0 Å². The average molecular weight is 341 g/mol. The summed E-state index contributed by atoms with van der Waals surface area (Å²) in [7, 11) is 2.13. The fourth-order valence-corrected chi connectivity index (χ4v) is 3.34. The molecule has 2 aromatic heterocycles. The summed E-state index contributed by atoms with van der Waals surface area (Å²) in [6, 6.07) is 2.62. The molecule has 132 valence electrons. The Balaban J connectivity index is 1.24. The van der Waals surface area contributed by atoms with Crippen LogP contribution in [0.1, 0.15) is 42.5 Å². The Morgan fingerprint density at radius 2 is 2.24 bits per heavy atom. The van der Waals surface area contributed by atoms with Crippen LogP contribution in [0, 0.1) is 11.3 Å². The smallest absolute Gasteiger partial charge is 0.229 e. The first-order valence-corrected chi connectivity index (χ1v) is 8.89. The largest absolute Gasteiger partial charge is 0.339 e. The lowest BCUT2D eigenvalue weighted by molar-refractivity contribution is 0.215. The Morgan fingerprint density at radius 1 is 1.36 bits per heavy atom. The minimum atomic E-state index is 0.509. The van der Waals surface area contributed by atoms with Gasteiger partial charge in [-0.05, 0) is 32.9 Å². The highest BCUT2D eigenvalue weighted by atomic mass is 16.5. The third-order valence-corrected chi connectivity index (χ3v) is 5.08. The molecule has 4 rings (SSSR count). The topological polar surface area (TPSA) is 87.0 Å². The van der Waals surface area contributed by atoms with E-state index in [1.54, 1.807) is 12.4 Å². The zero-order chi connectivity index (χ0) is 17.2. The van der Waals surface area contributed by atoms with Crippen molar-refractivity contribution in [3.63, 3.8) is 0 Å². The number of likely N-dealkylation sites (N-methyl/N-ethyl adjacent to an activating group) is 1. The minimum Gasteiger partial charge on any atom is -0.339 e. The molecule has 1 saturated heterocycles. The second-order valence-electron chi connectivity index (χ2n) is 7.09. The van der Waals surface area contributed by atoms with E-state index in [-0.39, 0.29) is 0 Å². The number of likely N-dealkylation sites (tertiary alicyclic amines) is 1. The van der Waals surface area contributed by atoms with Crippen molar-refractivity contribution in [2.75, 3.05) is 26.7 Å². The third kappa shape index (κ3) is 3.89. The quantitative estimate of drug-likeness (QED) is 0.748. The highest BCUT2D eigenvalue weighted by molar-refractivity contribution is 5.21. The van der Waals surface area contributed by atoms with Gasteiger partial charge in [-0.1, -0.05) is 5.16 Å². The highest BCUT2D eigenvalue weighted by Gasteiger charge is 2.30. The lowest BCUT2D eigenvalue weighted by atomic mass is 10.2. The van der Waals surface area contributed by atoms with E-state index in [1.807, 2.05) is 4.68 Å². The molecule has 0 bridgehead atoms. The van der Waals surface area contributed by atoms with Gasteiger partial charge in [-0.15, -0.1) is 0 Å². The number of hydrogen-bond acceptors (Lipinski definition) is 7. The maximum absolute atomic E-state index is 8.85. The Kier molecular flexibility index (Phi) is 4.51. The summed E-state index contributed by atoms with van der Waals surface area (Å²) in [6.45, 7) is 4.62. The van der Waals surface area contributed by atoms with Crippen LogP contribution in [0.25, 0.3) is 0 Å². The molecule has 8 heteroatoms. The zero-order valence-corrected chi connectivity index (χ0v) is 14.5. The first-order valence-electron chi connectivity index (χ1n) is 8.89. The molecule has 8 nitrogen and oxygen atoms in total. The van der Waals surface area contributed by atoms with Crippen LogP contribution in [-0.4, -0.2) is 62.4 Å². The Hall–Kier alpha value is -2.24. The number of hydrogen-bond donors (Lipinski definition) is 0. The van der Waals surface area contributed by atoms with Gasteiger partial charge in [0.1, 0.15) is 6.07 Å². The summed E-state index contributed by atoms with van der Waals surface area (Å²) in [5.41, 5.74) is 0.615. The van der Waals surface area contributed by atoms with Gasteiger partial charge < -0.3 is 4.52 Å². The van der Waals surface area contributed by atoms with Crippen LogP contribution in [0.3, 0.4) is 0 Å². The molecule has 0 unspecified atom stereocenters. The summed E-state index contributed by atoms with van der Waals surface area (Å²) in [5.74, 6) is 2.12. The fourth-order valence-electron chi connectivity index (χ4n) is 3.34. The predicted molar refractivity (Wildman–Crippen MR) is 89.5 cm³/mol. The van der Waals surface area contributed by atoms with Crippen LogP contribution in [-0.2, 0) is 13.1 Å². The van der Waals surface area contributed by atoms with Crippen LogP contribution < -0.4 is 0 Å². The van der Waals surface area contributed by atoms with E-state index in [9.17, 15) is 0 Å². The minimum absolute atomic E-state index is 0.509. The Bertz CT molecular complexity index is 757. The van der Waals surface area contributed by atoms with Gasteiger partial charge in [-0.2, -0.15) is 15.3 Å². The van der Waals surface area contributed by atoms with E-state index < -0.39 is 0 Å². The monoisotopic (exact) mass is 341 g/mol. The van der Waals surface area contributed by atoms with Gasteiger partial charge >= 0.3 is 0 Å². The fraction of sp³-hybridized carbons (Fsp3) is 0.647. The molecule has 2 aromatic rings. The molecule has 1 aliphatic carbocycles. The maximum Gasteiger partial charge on any atom is 0.229 e. The van der Waals surface area contributed by atoms with Gasteiger partial charge in [-0.25, -0.2) is 0 Å². The highest BCUT2D eigenvalue weighted by Crippen LogP contribution is 2.38. The molecular formula is C17H23N7O. The van der Waals surface area contributed by atoms with Crippen molar-refractivity contribution in [1.82, 2.24) is 29.7 Å². The van der Waals surface area contributed by atoms with E-state index in [0.29, 0.717) is 17.5 Å². The van der Waals surface area contributed by atoms with Crippen LogP contribution in [0.2, 0.25) is 0 Å². The molecule has 0 aromatic carbocycles. The summed E-state index contributed by atoms with van der Waals surface area (Å²) < 4.78 is 7.18. The first-order chi connectivity index (χ1) is 12.2. The van der Waals surface area contributed by atoms with E-state index in [2.05, 4.69) is 38.2 Å². The molecule has 0 N–H and O–H groups in total. The lowest BCUT2D eigenvalue weighted by Crippen LogP contribution is -2.35. The van der Waals surface area contributed by atoms with Crippen molar-refractivity contribution in [3.8, 4) is 6.07 Å². The van der Waals surface area contributed by atoms with Crippen molar-refractivity contribution in [1.29, 1.82) is 5.26 Å². The lowest BCUT2D eigenvalue weighted by Gasteiger charge is -2.23. The van der Waals surface area contributed by atoms with Crippen molar-refractivity contribution in [3.05, 3.63) is 29.7 Å². The van der Waals surface area contributed by atoms with Crippen molar-refractivity contribution in [2.24, 2.45) is 0 Å². The van der Waals surface area contributed by atoms with Gasteiger partial charge in [0, 0.05) is 31.2 Å². The molecular weight excluding hydrogens is 318 g/mol. The van der Waals surface area contributed by atoms with Gasteiger partial charge in [0.2, 0.25) is 5.89 Å². The average Bonchev–Trinajstić information content (AvgIpc) is 3.05. The van der Waals surface area contributed by atoms with E-state index in [4.69, 9.17) is 9.78 Å². The zero-order valence-electron chi connectivity index (χ0n) is 14.5. The summed E-state index contributed by atoms with van der Waals surface area (Å²) >= 11 is 0. The van der Waals surface area contributed by atoms with Crippen molar-refractivity contribution in [2.45, 2.75) is 44.3 Å². The molecule has 2 aliphatic rings. The van der Waals surface area contributed by atoms with Gasteiger partial charge in [0.05, 0.1) is 24.8 Å². The molecule has 0 radical (unpaired) electrons. The number of nitrogens with zero attached hydrogens (tertiary/aromatic N) is 7. The summed E-state index contributed by atoms with van der Waals surface area (Å²) in [4.78, 5) is 9.29. The Labute approximate surface area is 147 Å². The second kappa shape index (κ2) is 6.94. The number of nitriles is 1. The van der Waals surface area contributed by atoms with Crippen LogP contribution >= 0.6 is 0 Å². The Morgan fingerprint density at radius 3 is 3.00 bits per heavy atom. The normalized spacial score (nSPS) is 21.1. The molecule has 0 amide bonds. The molecule has 1 atom stereocenters. The van der Waals surface area contributed by atoms with Gasteiger partial charge in [0.15, 0.2) is 5.82 Å². The van der Waals surface area contributed by atoms with Gasteiger partial charge in [0.25, 0.3) is 0 Å². The van der Waals surface area contributed by atoms with E-state index in [0.717, 1.165) is 50.9 Å². The third-order valence-electron chi connectivity index (χ3n) is 5.08. The standard InChI is InChI=1S/C17H23N7O/c1-22(12-16-20-17(25-21-16)14-2-3-14)15-4-5-23(11-15)6-7-24-10-13(8-18)9-19-24/h9-10,14-15H,2-7,11-12H2,1H3/t15-/m1/s1. The van der Waals surface area contributed by atoms with E-state index >= 15 is 0 Å².